The van der Waals surface area contributed by atoms with Crippen molar-refractivity contribution in [3.05, 3.63) is 83.7 Å². The van der Waals surface area contributed by atoms with E-state index in [-0.39, 0.29) is 12.7 Å². The Labute approximate surface area is 157 Å². The molecule has 6 heteroatoms. The van der Waals surface area contributed by atoms with Crippen LogP contribution in [0.1, 0.15) is 21.6 Å². The Morgan fingerprint density at radius 3 is 2.59 bits per heavy atom. The minimum absolute atomic E-state index is 0.220. The van der Waals surface area contributed by atoms with Crippen LogP contribution in [0.25, 0.3) is 0 Å². The Hall–Kier alpha value is -3.54. The molecule has 0 aliphatic carbocycles. The molecule has 0 unspecified atom stereocenters. The SMILES string of the molecule is O=C(NCc1ccc2c(c1)OCO2)c1ccc(NCc2ccccc2)cn1. The molecule has 136 valence electrons. The van der Waals surface area contributed by atoms with Crippen molar-refractivity contribution in [2.45, 2.75) is 13.1 Å². The number of carbonyl (C=O) groups is 1. The van der Waals surface area contributed by atoms with E-state index in [1.54, 1.807) is 12.3 Å². The summed E-state index contributed by atoms with van der Waals surface area (Å²) in [6.45, 7) is 1.34. The molecule has 3 aromatic rings. The minimum Gasteiger partial charge on any atom is -0.454 e. The summed E-state index contributed by atoms with van der Waals surface area (Å²) in [5.74, 6) is 1.21. The van der Waals surface area contributed by atoms with Gasteiger partial charge < -0.3 is 20.1 Å². The zero-order chi connectivity index (χ0) is 18.5. The topological polar surface area (TPSA) is 72.5 Å². The van der Waals surface area contributed by atoms with Crippen LogP contribution in [0.2, 0.25) is 0 Å². The molecular formula is C21H19N3O3. The van der Waals surface area contributed by atoms with Crippen LogP contribution in [0.3, 0.4) is 0 Å². The average molecular weight is 361 g/mol. The quantitative estimate of drug-likeness (QED) is 0.704. The van der Waals surface area contributed by atoms with E-state index in [0.29, 0.717) is 24.5 Å². The molecule has 0 bridgehead atoms. The lowest BCUT2D eigenvalue weighted by Gasteiger charge is -2.08. The lowest BCUT2D eigenvalue weighted by molar-refractivity contribution is 0.0946. The third-order valence-corrected chi connectivity index (χ3v) is 4.23. The van der Waals surface area contributed by atoms with E-state index >= 15 is 0 Å². The Balaban J connectivity index is 1.31. The van der Waals surface area contributed by atoms with Crippen molar-refractivity contribution in [1.29, 1.82) is 0 Å². The molecule has 0 fully saturated rings. The lowest BCUT2D eigenvalue weighted by atomic mass is 10.2. The van der Waals surface area contributed by atoms with E-state index < -0.39 is 0 Å². The number of fused-ring (bicyclic) bond motifs is 1. The number of hydrogen-bond acceptors (Lipinski definition) is 5. The van der Waals surface area contributed by atoms with Crippen molar-refractivity contribution in [3.63, 3.8) is 0 Å². The van der Waals surface area contributed by atoms with E-state index in [1.165, 1.54) is 5.56 Å². The van der Waals surface area contributed by atoms with Crippen LogP contribution in [-0.2, 0) is 13.1 Å². The molecule has 6 nitrogen and oxygen atoms in total. The number of anilines is 1. The van der Waals surface area contributed by atoms with Crippen molar-refractivity contribution in [2.75, 3.05) is 12.1 Å². The van der Waals surface area contributed by atoms with Gasteiger partial charge in [-0.25, -0.2) is 4.98 Å². The smallest absolute Gasteiger partial charge is 0.270 e. The molecule has 0 atom stereocenters. The monoisotopic (exact) mass is 361 g/mol. The van der Waals surface area contributed by atoms with Gasteiger partial charge in [-0.15, -0.1) is 0 Å². The predicted molar refractivity (Wildman–Crippen MR) is 102 cm³/mol. The fourth-order valence-corrected chi connectivity index (χ4v) is 2.76. The van der Waals surface area contributed by atoms with E-state index in [9.17, 15) is 4.79 Å². The van der Waals surface area contributed by atoms with Crippen LogP contribution in [0.15, 0.2) is 66.9 Å². The summed E-state index contributed by atoms with van der Waals surface area (Å²) in [5.41, 5.74) is 3.36. The molecule has 0 radical (unpaired) electrons. The number of ether oxygens (including phenoxy) is 2. The number of aromatic nitrogens is 1. The second kappa shape index (κ2) is 7.78. The van der Waals surface area contributed by atoms with Crippen LogP contribution < -0.4 is 20.1 Å². The van der Waals surface area contributed by atoms with Crippen molar-refractivity contribution in [3.8, 4) is 11.5 Å². The van der Waals surface area contributed by atoms with Crippen LogP contribution in [0.4, 0.5) is 5.69 Å². The van der Waals surface area contributed by atoms with Crippen molar-refractivity contribution < 1.29 is 14.3 Å². The first-order valence-electron chi connectivity index (χ1n) is 8.68. The predicted octanol–water partition coefficient (Wildman–Crippen LogP) is 3.35. The maximum absolute atomic E-state index is 12.3. The number of rotatable bonds is 6. The Morgan fingerprint density at radius 2 is 1.78 bits per heavy atom. The summed E-state index contributed by atoms with van der Waals surface area (Å²) < 4.78 is 10.6. The van der Waals surface area contributed by atoms with Gasteiger partial charge in [0.05, 0.1) is 11.9 Å². The fraction of sp³-hybridized carbons (Fsp3) is 0.143. The Kier molecular flexibility index (Phi) is 4.87. The van der Waals surface area contributed by atoms with Gasteiger partial charge in [0, 0.05) is 13.1 Å². The number of pyridine rings is 1. The molecule has 2 aromatic carbocycles. The van der Waals surface area contributed by atoms with E-state index in [0.717, 1.165) is 17.0 Å². The van der Waals surface area contributed by atoms with Gasteiger partial charge in [-0.05, 0) is 35.4 Å². The molecule has 0 saturated heterocycles. The lowest BCUT2D eigenvalue weighted by Crippen LogP contribution is -2.23. The molecule has 27 heavy (non-hydrogen) atoms. The number of nitrogens with one attached hydrogen (secondary N) is 2. The third kappa shape index (κ3) is 4.17. The highest BCUT2D eigenvalue weighted by Gasteiger charge is 2.14. The normalized spacial score (nSPS) is 11.9. The van der Waals surface area contributed by atoms with Crippen LogP contribution in [0, 0.1) is 0 Å². The van der Waals surface area contributed by atoms with Gasteiger partial charge in [-0.1, -0.05) is 36.4 Å². The number of carbonyl (C=O) groups excluding carboxylic acids is 1. The fourth-order valence-electron chi connectivity index (χ4n) is 2.76. The molecule has 4 rings (SSSR count). The van der Waals surface area contributed by atoms with E-state index in [4.69, 9.17) is 9.47 Å². The first-order chi connectivity index (χ1) is 13.3. The van der Waals surface area contributed by atoms with Crippen LogP contribution in [-0.4, -0.2) is 17.7 Å². The summed E-state index contributed by atoms with van der Waals surface area (Å²) in [5, 5.41) is 6.15. The number of nitrogens with zero attached hydrogens (tertiary/aromatic N) is 1. The van der Waals surface area contributed by atoms with Crippen molar-refractivity contribution >= 4 is 11.6 Å². The molecule has 1 aromatic heterocycles. The molecule has 1 amide bonds. The summed E-state index contributed by atoms with van der Waals surface area (Å²) in [7, 11) is 0. The summed E-state index contributed by atoms with van der Waals surface area (Å²) in [6, 6.07) is 19.3. The van der Waals surface area contributed by atoms with Gasteiger partial charge in [0.2, 0.25) is 6.79 Å². The number of amides is 1. The second-order valence-electron chi connectivity index (χ2n) is 6.14. The largest absolute Gasteiger partial charge is 0.454 e. The summed E-state index contributed by atoms with van der Waals surface area (Å²) >= 11 is 0. The zero-order valence-electron chi connectivity index (χ0n) is 14.6. The first kappa shape index (κ1) is 16.9. The third-order valence-electron chi connectivity index (χ3n) is 4.23. The van der Waals surface area contributed by atoms with Gasteiger partial charge in [-0.2, -0.15) is 0 Å². The number of benzene rings is 2. The molecular weight excluding hydrogens is 342 g/mol. The van der Waals surface area contributed by atoms with Gasteiger partial charge in [0.15, 0.2) is 11.5 Å². The maximum atomic E-state index is 12.3. The highest BCUT2D eigenvalue weighted by molar-refractivity contribution is 5.92. The minimum atomic E-state index is -0.220. The van der Waals surface area contributed by atoms with Gasteiger partial charge in [-0.3, -0.25) is 4.79 Å². The highest BCUT2D eigenvalue weighted by atomic mass is 16.7. The Bertz CT molecular complexity index is 927. The van der Waals surface area contributed by atoms with Crippen LogP contribution >= 0.6 is 0 Å². The zero-order valence-corrected chi connectivity index (χ0v) is 14.6. The second-order valence-corrected chi connectivity index (χ2v) is 6.14. The maximum Gasteiger partial charge on any atom is 0.270 e. The van der Waals surface area contributed by atoms with E-state index in [2.05, 4.69) is 27.8 Å². The van der Waals surface area contributed by atoms with Gasteiger partial charge in [0.25, 0.3) is 5.91 Å². The van der Waals surface area contributed by atoms with Gasteiger partial charge in [0.1, 0.15) is 5.69 Å². The molecule has 0 saturated carbocycles. The molecule has 2 heterocycles. The molecule has 1 aliphatic rings. The molecule has 2 N–H and O–H groups in total. The summed E-state index contributed by atoms with van der Waals surface area (Å²) in [4.78, 5) is 16.5. The Morgan fingerprint density at radius 1 is 0.926 bits per heavy atom. The number of hydrogen-bond donors (Lipinski definition) is 2. The standard InChI is InChI=1S/C21H19N3O3/c25-21(24-12-16-6-9-19-20(10-16)27-14-26-19)18-8-7-17(13-23-18)22-11-15-4-2-1-3-5-15/h1-10,13,22H,11-12,14H2,(H,24,25). The van der Waals surface area contributed by atoms with Crippen molar-refractivity contribution in [1.82, 2.24) is 10.3 Å². The van der Waals surface area contributed by atoms with Crippen LogP contribution in [0.5, 0.6) is 11.5 Å². The van der Waals surface area contributed by atoms with Crippen molar-refractivity contribution in [2.24, 2.45) is 0 Å². The molecule has 0 spiro atoms. The first-order valence-corrected chi connectivity index (χ1v) is 8.68. The average Bonchev–Trinajstić information content (AvgIpc) is 3.19. The van der Waals surface area contributed by atoms with Gasteiger partial charge >= 0.3 is 0 Å². The molecule has 1 aliphatic heterocycles. The highest BCUT2D eigenvalue weighted by Crippen LogP contribution is 2.32. The van der Waals surface area contributed by atoms with E-state index in [1.807, 2.05) is 42.5 Å². The summed E-state index contributed by atoms with van der Waals surface area (Å²) in [6.07, 6.45) is 1.67.